The second kappa shape index (κ2) is 6.31. The predicted molar refractivity (Wildman–Crippen MR) is 89.2 cm³/mol. The van der Waals surface area contributed by atoms with E-state index >= 15 is 0 Å². The molecule has 4 N–H and O–H groups in total. The molecule has 130 valence electrons. The van der Waals surface area contributed by atoms with E-state index in [9.17, 15) is 14.4 Å². The minimum Gasteiger partial charge on any atom is -0.462 e. The van der Waals surface area contributed by atoms with E-state index in [1.54, 1.807) is 19.1 Å². The third-order valence-electron chi connectivity index (χ3n) is 3.87. The van der Waals surface area contributed by atoms with E-state index in [0.717, 1.165) is 5.56 Å². The number of H-pyrrole nitrogens is 2. The van der Waals surface area contributed by atoms with Gasteiger partial charge in [0, 0.05) is 0 Å². The largest absolute Gasteiger partial charge is 0.462 e. The molecule has 1 aliphatic rings. The van der Waals surface area contributed by atoms with Gasteiger partial charge in [0.1, 0.15) is 5.57 Å². The molecule has 0 saturated carbocycles. The molecule has 0 unspecified atom stereocenters. The topological polar surface area (TPSA) is 127 Å². The van der Waals surface area contributed by atoms with Crippen LogP contribution in [0.25, 0.3) is 0 Å². The van der Waals surface area contributed by atoms with Crippen LogP contribution in [0.5, 0.6) is 5.88 Å². The molecule has 2 aromatic rings. The van der Waals surface area contributed by atoms with E-state index in [2.05, 4.69) is 9.97 Å². The molecule has 8 nitrogen and oxygen atoms in total. The molecule has 1 aromatic heterocycles. The summed E-state index contributed by atoms with van der Waals surface area (Å²) in [5.74, 6) is -1.78. The minimum absolute atomic E-state index is 0.0255. The molecular weight excluding hydrogens is 326 g/mol. The molecule has 0 saturated heterocycles. The Labute approximate surface area is 142 Å². The highest BCUT2D eigenvalue weighted by atomic mass is 16.5. The first-order valence-corrected chi connectivity index (χ1v) is 7.70. The van der Waals surface area contributed by atoms with Crippen LogP contribution in [0.2, 0.25) is 0 Å². The van der Waals surface area contributed by atoms with E-state index < -0.39 is 23.1 Å². The number of aromatic amines is 2. The summed E-state index contributed by atoms with van der Waals surface area (Å²) < 4.78 is 10.4. The zero-order chi connectivity index (χ0) is 18.1. The monoisotopic (exact) mass is 343 g/mol. The van der Waals surface area contributed by atoms with Crippen LogP contribution in [0.3, 0.4) is 0 Å². The van der Waals surface area contributed by atoms with Crippen LogP contribution in [0.4, 0.5) is 0 Å². The Kier molecular flexibility index (Phi) is 4.18. The molecular formula is C17H17N3O5. The standard InChI is InChI=1S/C17H17N3O5/c1-3-24-16(22)11-10(9-6-4-5-8(2)7-9)12-14(21)19-17(23)20-15(12)25-13(11)18/h4-7,10H,3,18H2,1-2H3,(H2,19,20,21,23)/t10-/m0/s1. The number of aromatic nitrogens is 2. The van der Waals surface area contributed by atoms with E-state index in [4.69, 9.17) is 15.2 Å². The molecule has 3 rings (SSSR count). The van der Waals surface area contributed by atoms with Gasteiger partial charge in [-0.2, -0.15) is 0 Å². The van der Waals surface area contributed by atoms with Crippen LogP contribution >= 0.6 is 0 Å². The van der Waals surface area contributed by atoms with Crippen molar-refractivity contribution >= 4 is 5.97 Å². The van der Waals surface area contributed by atoms with Crippen LogP contribution < -0.4 is 21.7 Å². The third-order valence-corrected chi connectivity index (χ3v) is 3.87. The van der Waals surface area contributed by atoms with Crippen LogP contribution in [0.1, 0.15) is 29.5 Å². The van der Waals surface area contributed by atoms with Crippen LogP contribution in [0.15, 0.2) is 45.3 Å². The average Bonchev–Trinajstić information content (AvgIpc) is 2.53. The Hall–Kier alpha value is -3.29. The number of benzene rings is 1. The molecule has 0 bridgehead atoms. The number of nitrogens with one attached hydrogen (secondary N) is 2. The number of carbonyl (C=O) groups excluding carboxylic acids is 1. The maximum absolute atomic E-state index is 12.4. The highest BCUT2D eigenvalue weighted by Crippen LogP contribution is 2.39. The lowest BCUT2D eigenvalue weighted by Crippen LogP contribution is -2.35. The number of fused-ring (bicyclic) bond motifs is 1. The summed E-state index contributed by atoms with van der Waals surface area (Å²) in [5, 5.41) is 0. The van der Waals surface area contributed by atoms with E-state index in [1.165, 1.54) is 0 Å². The van der Waals surface area contributed by atoms with E-state index in [-0.39, 0.29) is 29.5 Å². The van der Waals surface area contributed by atoms with E-state index in [1.807, 2.05) is 19.1 Å². The highest BCUT2D eigenvalue weighted by Gasteiger charge is 2.38. The zero-order valence-electron chi connectivity index (χ0n) is 13.7. The molecule has 8 heteroatoms. The summed E-state index contributed by atoms with van der Waals surface area (Å²) in [5.41, 5.74) is 6.26. The molecule has 0 amide bonds. The number of carbonyl (C=O) groups is 1. The van der Waals surface area contributed by atoms with Crippen molar-refractivity contribution in [3.63, 3.8) is 0 Å². The van der Waals surface area contributed by atoms with Crippen molar-refractivity contribution in [1.29, 1.82) is 0 Å². The van der Waals surface area contributed by atoms with Crippen molar-refractivity contribution in [2.24, 2.45) is 5.73 Å². The van der Waals surface area contributed by atoms with Crippen molar-refractivity contribution in [3.8, 4) is 5.88 Å². The summed E-state index contributed by atoms with van der Waals surface area (Å²) in [4.78, 5) is 41.0. The Bertz CT molecular complexity index is 986. The first-order valence-electron chi connectivity index (χ1n) is 7.70. The fraction of sp³-hybridized carbons (Fsp3) is 0.235. The molecule has 1 aromatic carbocycles. The smallest absolute Gasteiger partial charge is 0.340 e. The van der Waals surface area contributed by atoms with Gasteiger partial charge in [0.25, 0.3) is 5.56 Å². The van der Waals surface area contributed by atoms with Crippen LogP contribution in [-0.2, 0) is 9.53 Å². The van der Waals surface area contributed by atoms with Gasteiger partial charge in [-0.3, -0.25) is 14.8 Å². The molecule has 2 heterocycles. The Balaban J connectivity index is 2.30. The predicted octanol–water partition coefficient (Wildman–Crippen LogP) is 0.629. The molecule has 0 radical (unpaired) electrons. The van der Waals surface area contributed by atoms with Gasteiger partial charge < -0.3 is 15.2 Å². The fourth-order valence-electron chi connectivity index (χ4n) is 2.88. The molecule has 0 fully saturated rings. The SMILES string of the molecule is CCOC(=O)C1=C(N)Oc2[nH]c(=O)[nH]c(=O)c2[C@H]1c1cccc(C)c1. The number of rotatable bonds is 3. The van der Waals surface area contributed by atoms with Gasteiger partial charge in [0.2, 0.25) is 11.8 Å². The van der Waals surface area contributed by atoms with Gasteiger partial charge in [0.15, 0.2) is 0 Å². The quantitative estimate of drug-likeness (QED) is 0.702. The van der Waals surface area contributed by atoms with Crippen molar-refractivity contribution in [1.82, 2.24) is 9.97 Å². The van der Waals surface area contributed by atoms with Gasteiger partial charge in [-0.05, 0) is 19.4 Å². The lowest BCUT2D eigenvalue weighted by atomic mass is 9.84. The normalized spacial score (nSPS) is 16.2. The number of esters is 1. The number of aryl methyl sites for hydroxylation is 1. The first-order chi connectivity index (χ1) is 11.9. The molecule has 0 spiro atoms. The van der Waals surface area contributed by atoms with Crippen molar-refractivity contribution in [3.05, 3.63) is 73.3 Å². The summed E-state index contributed by atoms with van der Waals surface area (Å²) >= 11 is 0. The Morgan fingerprint density at radius 3 is 2.76 bits per heavy atom. The molecule has 1 aliphatic heterocycles. The van der Waals surface area contributed by atoms with Gasteiger partial charge in [-0.15, -0.1) is 0 Å². The van der Waals surface area contributed by atoms with Gasteiger partial charge >= 0.3 is 11.7 Å². The lowest BCUT2D eigenvalue weighted by molar-refractivity contribution is -0.139. The highest BCUT2D eigenvalue weighted by molar-refractivity contribution is 5.92. The maximum atomic E-state index is 12.4. The lowest BCUT2D eigenvalue weighted by Gasteiger charge is -2.27. The van der Waals surface area contributed by atoms with Gasteiger partial charge in [-0.25, -0.2) is 9.59 Å². The molecule has 0 aliphatic carbocycles. The molecule has 25 heavy (non-hydrogen) atoms. The van der Waals surface area contributed by atoms with Crippen molar-refractivity contribution in [2.45, 2.75) is 19.8 Å². The minimum atomic E-state index is -0.816. The number of nitrogens with two attached hydrogens (primary N) is 1. The third kappa shape index (κ3) is 2.93. The van der Waals surface area contributed by atoms with Crippen LogP contribution in [0, 0.1) is 6.92 Å². The fourth-order valence-corrected chi connectivity index (χ4v) is 2.88. The maximum Gasteiger partial charge on any atom is 0.340 e. The second-order valence-corrected chi connectivity index (χ2v) is 5.60. The summed E-state index contributed by atoms with van der Waals surface area (Å²) in [6.07, 6.45) is 0. The van der Waals surface area contributed by atoms with Gasteiger partial charge in [0.05, 0.1) is 18.1 Å². The Morgan fingerprint density at radius 2 is 2.08 bits per heavy atom. The summed E-state index contributed by atoms with van der Waals surface area (Å²) in [6.45, 7) is 3.70. The number of hydrogen-bond acceptors (Lipinski definition) is 6. The van der Waals surface area contributed by atoms with Crippen molar-refractivity contribution in [2.75, 3.05) is 6.61 Å². The number of ether oxygens (including phenoxy) is 2. The van der Waals surface area contributed by atoms with Crippen LogP contribution in [-0.4, -0.2) is 22.5 Å². The Morgan fingerprint density at radius 1 is 1.32 bits per heavy atom. The van der Waals surface area contributed by atoms with Gasteiger partial charge in [-0.1, -0.05) is 29.8 Å². The van der Waals surface area contributed by atoms with Crippen molar-refractivity contribution < 1.29 is 14.3 Å². The zero-order valence-corrected chi connectivity index (χ0v) is 13.7. The first kappa shape index (κ1) is 16.6. The second-order valence-electron chi connectivity index (χ2n) is 5.60. The summed E-state index contributed by atoms with van der Waals surface area (Å²) in [7, 11) is 0. The summed E-state index contributed by atoms with van der Waals surface area (Å²) in [6, 6.07) is 7.29. The average molecular weight is 343 g/mol. The van der Waals surface area contributed by atoms with E-state index in [0.29, 0.717) is 5.56 Å². The number of hydrogen-bond donors (Lipinski definition) is 3. The molecule has 1 atom stereocenters.